The van der Waals surface area contributed by atoms with Gasteiger partial charge in [0.05, 0.1) is 17.7 Å². The van der Waals surface area contributed by atoms with Crippen molar-refractivity contribution in [3.8, 4) is 6.07 Å². The summed E-state index contributed by atoms with van der Waals surface area (Å²) in [5.41, 5.74) is 1.49. The number of thioether (sulfide) groups is 1. The smallest absolute Gasteiger partial charge is 0.0991 e. The summed E-state index contributed by atoms with van der Waals surface area (Å²) < 4.78 is 0. The molecule has 3 nitrogen and oxygen atoms in total. The quantitative estimate of drug-likeness (QED) is 0.853. The van der Waals surface area contributed by atoms with Crippen LogP contribution in [0.1, 0.15) is 30.1 Å². The van der Waals surface area contributed by atoms with Crippen LogP contribution in [0.3, 0.4) is 0 Å². The van der Waals surface area contributed by atoms with Crippen LogP contribution in [0, 0.1) is 11.3 Å². The summed E-state index contributed by atoms with van der Waals surface area (Å²) in [7, 11) is 0. The summed E-state index contributed by atoms with van der Waals surface area (Å²) in [6, 6.07) is 9.19. The molecule has 2 rings (SSSR count). The van der Waals surface area contributed by atoms with Crippen LogP contribution in [-0.2, 0) is 0 Å². The van der Waals surface area contributed by atoms with Crippen LogP contribution in [0.25, 0.3) is 0 Å². The molecule has 1 aliphatic heterocycles. The summed E-state index contributed by atoms with van der Waals surface area (Å²) >= 11 is 2.01. The van der Waals surface area contributed by atoms with Gasteiger partial charge >= 0.3 is 0 Å². The van der Waals surface area contributed by atoms with Crippen molar-refractivity contribution in [3.05, 3.63) is 35.4 Å². The Morgan fingerprint density at radius 3 is 2.83 bits per heavy atom. The van der Waals surface area contributed by atoms with Crippen LogP contribution in [-0.4, -0.2) is 29.2 Å². The van der Waals surface area contributed by atoms with Crippen LogP contribution in [0.4, 0.5) is 0 Å². The first-order valence-electron chi connectivity index (χ1n) is 6.30. The SMILES string of the molecule is N#Cc1ccc(C(O)CNCC2CCCS2)cc1. The van der Waals surface area contributed by atoms with E-state index in [0.717, 1.165) is 12.1 Å². The molecule has 1 heterocycles. The second-order valence-corrected chi connectivity index (χ2v) is 5.95. The van der Waals surface area contributed by atoms with Gasteiger partial charge in [0.1, 0.15) is 0 Å². The molecule has 0 radical (unpaired) electrons. The van der Waals surface area contributed by atoms with Gasteiger partial charge in [-0.25, -0.2) is 0 Å². The zero-order valence-electron chi connectivity index (χ0n) is 10.3. The molecule has 0 saturated carbocycles. The third-order valence-electron chi connectivity index (χ3n) is 3.16. The third-order valence-corrected chi connectivity index (χ3v) is 4.56. The highest BCUT2D eigenvalue weighted by Gasteiger charge is 2.15. The van der Waals surface area contributed by atoms with E-state index in [1.165, 1.54) is 18.6 Å². The number of nitrogens with zero attached hydrogens (tertiary/aromatic N) is 1. The topological polar surface area (TPSA) is 56.0 Å². The van der Waals surface area contributed by atoms with Crippen molar-refractivity contribution in [3.63, 3.8) is 0 Å². The molecule has 0 bridgehead atoms. The second kappa shape index (κ2) is 6.79. The fourth-order valence-electron chi connectivity index (χ4n) is 2.08. The van der Waals surface area contributed by atoms with Crippen LogP contribution in [0.2, 0.25) is 0 Å². The lowest BCUT2D eigenvalue weighted by atomic mass is 10.1. The summed E-state index contributed by atoms with van der Waals surface area (Å²) in [5, 5.41) is 22.7. The molecule has 96 valence electrons. The Hall–Kier alpha value is -1.02. The molecular formula is C14H18N2OS. The van der Waals surface area contributed by atoms with Gasteiger partial charge in [0.2, 0.25) is 0 Å². The molecule has 0 amide bonds. The standard InChI is InChI=1S/C14H18N2OS/c15-8-11-3-5-12(6-4-11)14(17)10-16-9-13-2-1-7-18-13/h3-6,13-14,16-17H,1-2,7,9-10H2. The van der Waals surface area contributed by atoms with Crippen LogP contribution in [0.15, 0.2) is 24.3 Å². The number of hydrogen-bond acceptors (Lipinski definition) is 4. The predicted octanol–water partition coefficient (Wildman–Crippen LogP) is 2.08. The number of nitrogens with one attached hydrogen (secondary N) is 1. The molecule has 1 aromatic carbocycles. The Labute approximate surface area is 112 Å². The van der Waals surface area contributed by atoms with E-state index in [4.69, 9.17) is 5.26 Å². The molecule has 1 fully saturated rings. The fraction of sp³-hybridized carbons (Fsp3) is 0.500. The molecule has 1 aliphatic rings. The molecule has 0 aromatic heterocycles. The van der Waals surface area contributed by atoms with Crippen molar-refractivity contribution < 1.29 is 5.11 Å². The van der Waals surface area contributed by atoms with Crippen LogP contribution < -0.4 is 5.32 Å². The number of aliphatic hydroxyl groups is 1. The minimum atomic E-state index is -0.496. The molecular weight excluding hydrogens is 244 g/mol. The van der Waals surface area contributed by atoms with E-state index in [9.17, 15) is 5.11 Å². The highest BCUT2D eigenvalue weighted by molar-refractivity contribution is 8.00. The lowest BCUT2D eigenvalue weighted by Crippen LogP contribution is -2.27. The van der Waals surface area contributed by atoms with E-state index < -0.39 is 6.10 Å². The van der Waals surface area contributed by atoms with Gasteiger partial charge in [-0.3, -0.25) is 0 Å². The van der Waals surface area contributed by atoms with Crippen molar-refractivity contribution in [1.29, 1.82) is 5.26 Å². The maximum absolute atomic E-state index is 10.0. The molecule has 1 aromatic rings. The summed E-state index contributed by atoms with van der Waals surface area (Å²) in [6.07, 6.45) is 2.10. The van der Waals surface area contributed by atoms with Gasteiger partial charge in [-0.05, 0) is 36.3 Å². The summed E-state index contributed by atoms with van der Waals surface area (Å²) in [6.45, 7) is 1.54. The maximum atomic E-state index is 10.0. The summed E-state index contributed by atoms with van der Waals surface area (Å²) in [5.74, 6) is 1.27. The van der Waals surface area contributed by atoms with Crippen molar-refractivity contribution in [2.45, 2.75) is 24.2 Å². The number of hydrogen-bond donors (Lipinski definition) is 2. The lowest BCUT2D eigenvalue weighted by molar-refractivity contribution is 0.175. The molecule has 4 heteroatoms. The van der Waals surface area contributed by atoms with Gasteiger partial charge in [-0.2, -0.15) is 17.0 Å². The van der Waals surface area contributed by atoms with E-state index in [1.807, 2.05) is 23.9 Å². The minimum absolute atomic E-state index is 0.496. The zero-order valence-corrected chi connectivity index (χ0v) is 11.1. The van der Waals surface area contributed by atoms with Crippen LogP contribution in [0.5, 0.6) is 0 Å². The van der Waals surface area contributed by atoms with Gasteiger partial charge in [0.15, 0.2) is 0 Å². The van der Waals surface area contributed by atoms with Crippen molar-refractivity contribution in [2.75, 3.05) is 18.8 Å². The monoisotopic (exact) mass is 262 g/mol. The minimum Gasteiger partial charge on any atom is -0.387 e. The van der Waals surface area contributed by atoms with Crippen molar-refractivity contribution in [1.82, 2.24) is 5.32 Å². The molecule has 1 saturated heterocycles. The molecule has 2 unspecified atom stereocenters. The number of nitriles is 1. The average Bonchev–Trinajstić information content (AvgIpc) is 2.92. The average molecular weight is 262 g/mol. The largest absolute Gasteiger partial charge is 0.387 e. The lowest BCUT2D eigenvalue weighted by Gasteiger charge is -2.14. The normalized spacial score (nSPS) is 20.6. The van der Waals surface area contributed by atoms with Gasteiger partial charge < -0.3 is 10.4 Å². The molecule has 0 aliphatic carbocycles. The maximum Gasteiger partial charge on any atom is 0.0991 e. The molecule has 2 atom stereocenters. The Morgan fingerprint density at radius 1 is 1.44 bits per heavy atom. The summed E-state index contributed by atoms with van der Waals surface area (Å²) in [4.78, 5) is 0. The zero-order chi connectivity index (χ0) is 12.8. The fourth-order valence-corrected chi connectivity index (χ4v) is 3.32. The third kappa shape index (κ3) is 3.74. The van der Waals surface area contributed by atoms with Crippen molar-refractivity contribution >= 4 is 11.8 Å². The van der Waals surface area contributed by atoms with Gasteiger partial charge in [0.25, 0.3) is 0 Å². The second-order valence-electron chi connectivity index (χ2n) is 4.54. The van der Waals surface area contributed by atoms with Gasteiger partial charge in [0, 0.05) is 18.3 Å². The van der Waals surface area contributed by atoms with Gasteiger partial charge in [-0.15, -0.1) is 0 Å². The Morgan fingerprint density at radius 2 is 2.22 bits per heavy atom. The first-order chi connectivity index (χ1) is 8.79. The Bertz CT molecular complexity index is 407. The molecule has 2 N–H and O–H groups in total. The molecule has 18 heavy (non-hydrogen) atoms. The highest BCUT2D eigenvalue weighted by atomic mass is 32.2. The van der Waals surface area contributed by atoms with E-state index in [2.05, 4.69) is 11.4 Å². The predicted molar refractivity (Wildman–Crippen MR) is 74.5 cm³/mol. The van der Waals surface area contributed by atoms with E-state index >= 15 is 0 Å². The first kappa shape index (κ1) is 13.4. The highest BCUT2D eigenvalue weighted by Crippen LogP contribution is 2.25. The van der Waals surface area contributed by atoms with E-state index in [1.54, 1.807) is 12.1 Å². The van der Waals surface area contributed by atoms with E-state index in [-0.39, 0.29) is 0 Å². The Kier molecular flexibility index (Phi) is 5.06. The number of rotatable bonds is 5. The number of benzene rings is 1. The van der Waals surface area contributed by atoms with Gasteiger partial charge in [-0.1, -0.05) is 12.1 Å². The first-order valence-corrected chi connectivity index (χ1v) is 7.35. The van der Waals surface area contributed by atoms with Crippen LogP contribution >= 0.6 is 11.8 Å². The molecule has 0 spiro atoms. The van der Waals surface area contributed by atoms with Crippen molar-refractivity contribution in [2.24, 2.45) is 0 Å². The van der Waals surface area contributed by atoms with E-state index in [0.29, 0.717) is 17.4 Å². The Balaban J connectivity index is 1.76. The number of aliphatic hydroxyl groups excluding tert-OH is 1.